The molecule has 0 saturated heterocycles. The molecular formula is C66H126O2. The Morgan fingerprint density at radius 2 is 0.382 bits per heavy atom. The molecule has 68 heavy (non-hydrogen) atoms. The van der Waals surface area contributed by atoms with E-state index in [1.165, 1.54) is 366 Å². The third-order valence-corrected chi connectivity index (χ3v) is 15.9. The van der Waals surface area contributed by atoms with Crippen LogP contribution in [-0.4, -0.2) is 10.2 Å². The molecule has 0 radical (unpaired) electrons. The van der Waals surface area contributed by atoms with Gasteiger partial charge in [0.25, 0.3) is 0 Å². The molecule has 0 fully saturated rings. The molecule has 2 heteroatoms. The highest BCUT2D eigenvalue weighted by Crippen LogP contribution is 2.29. The summed E-state index contributed by atoms with van der Waals surface area (Å²) in [7, 11) is 0. The topological polar surface area (TPSA) is 40.5 Å². The Labute approximate surface area is 429 Å². The van der Waals surface area contributed by atoms with Crippen molar-refractivity contribution in [3.63, 3.8) is 0 Å². The van der Waals surface area contributed by atoms with Crippen molar-refractivity contribution in [2.75, 3.05) is 0 Å². The van der Waals surface area contributed by atoms with Gasteiger partial charge < -0.3 is 10.2 Å². The molecule has 0 aliphatic carbocycles. The van der Waals surface area contributed by atoms with Crippen LogP contribution in [0.25, 0.3) is 0 Å². The maximum Gasteiger partial charge on any atom is 0.160 e. The average Bonchev–Trinajstić information content (AvgIpc) is 3.34. The van der Waals surface area contributed by atoms with E-state index in [2.05, 4.69) is 6.92 Å². The monoisotopic (exact) mass is 951 g/mol. The first kappa shape index (κ1) is 64.8. The first-order valence-corrected chi connectivity index (χ1v) is 32.3. The smallest absolute Gasteiger partial charge is 0.160 e. The van der Waals surface area contributed by atoms with Gasteiger partial charge in [-0.05, 0) is 24.5 Å². The van der Waals surface area contributed by atoms with E-state index in [-0.39, 0.29) is 11.5 Å². The number of hydrogen-bond acceptors (Lipinski definition) is 2. The van der Waals surface area contributed by atoms with Crippen LogP contribution in [0.3, 0.4) is 0 Å². The molecule has 0 aromatic heterocycles. The lowest BCUT2D eigenvalue weighted by molar-refractivity contribution is 0.398. The second kappa shape index (κ2) is 56.7. The highest BCUT2D eigenvalue weighted by Gasteiger charge is 2.05. The number of aryl methyl sites for hydroxylation is 1. The van der Waals surface area contributed by atoms with Crippen LogP contribution in [0.15, 0.2) is 18.2 Å². The normalized spacial score (nSPS) is 11.7. The molecule has 0 atom stereocenters. The van der Waals surface area contributed by atoms with E-state index in [4.69, 9.17) is 0 Å². The molecule has 0 saturated carbocycles. The van der Waals surface area contributed by atoms with Crippen molar-refractivity contribution in [1.82, 2.24) is 0 Å². The molecule has 1 rings (SSSR count). The van der Waals surface area contributed by atoms with E-state index in [0.717, 1.165) is 18.4 Å². The van der Waals surface area contributed by atoms with Crippen molar-refractivity contribution in [2.45, 2.75) is 386 Å². The summed E-state index contributed by atoms with van der Waals surface area (Å²) in [5, 5.41) is 19.5. The van der Waals surface area contributed by atoms with Crippen LogP contribution in [0.1, 0.15) is 385 Å². The van der Waals surface area contributed by atoms with Crippen LogP contribution in [0, 0.1) is 0 Å². The Kier molecular flexibility index (Phi) is 54.1. The van der Waals surface area contributed by atoms with E-state index < -0.39 is 0 Å². The van der Waals surface area contributed by atoms with Gasteiger partial charge in [-0.25, -0.2) is 0 Å². The predicted octanol–water partition coefficient (Wildman–Crippen LogP) is 24.3. The van der Waals surface area contributed by atoms with Crippen molar-refractivity contribution in [2.24, 2.45) is 0 Å². The minimum atomic E-state index is 0.00520. The number of unbranched alkanes of at least 4 members (excludes halogenated alkanes) is 57. The SMILES string of the molecule is CCCCCCCCCCCCCCCCCCCCCCCCCCCCCCCCCCCCCCCCCCCCCCCCCCCCCCCCCCCCc1cccc(O)c1O. The molecule has 0 heterocycles. The number of aromatic hydroxyl groups is 2. The number of benzene rings is 1. The first-order valence-electron chi connectivity index (χ1n) is 32.3. The van der Waals surface area contributed by atoms with E-state index in [9.17, 15) is 10.2 Å². The van der Waals surface area contributed by atoms with Gasteiger partial charge in [0, 0.05) is 0 Å². The van der Waals surface area contributed by atoms with Crippen LogP contribution in [0.4, 0.5) is 0 Å². The average molecular weight is 952 g/mol. The Morgan fingerprint density at radius 1 is 0.221 bits per heavy atom. The van der Waals surface area contributed by atoms with Gasteiger partial charge in [0.15, 0.2) is 11.5 Å². The molecule has 2 nitrogen and oxygen atoms in total. The summed E-state index contributed by atoms with van der Waals surface area (Å²) in [6.07, 6.45) is 85.4. The van der Waals surface area contributed by atoms with Crippen LogP contribution < -0.4 is 0 Å². The van der Waals surface area contributed by atoms with E-state index in [1.807, 2.05) is 12.1 Å². The van der Waals surface area contributed by atoms with Crippen LogP contribution in [0.2, 0.25) is 0 Å². The zero-order valence-electron chi connectivity index (χ0n) is 46.8. The molecule has 1 aromatic carbocycles. The van der Waals surface area contributed by atoms with E-state index >= 15 is 0 Å². The lowest BCUT2D eigenvalue weighted by Crippen LogP contribution is -1.88. The molecule has 0 bridgehead atoms. The van der Waals surface area contributed by atoms with Crippen LogP contribution in [0.5, 0.6) is 11.5 Å². The van der Waals surface area contributed by atoms with Crippen molar-refractivity contribution < 1.29 is 10.2 Å². The minimum Gasteiger partial charge on any atom is -0.504 e. The minimum absolute atomic E-state index is 0.00520. The Bertz CT molecular complexity index is 1070. The standard InChI is InChI=1S/C66H126O2/c1-2-3-4-5-6-7-8-9-10-11-12-13-14-15-16-17-18-19-20-21-22-23-24-25-26-27-28-29-30-31-32-33-34-35-36-37-38-39-40-41-42-43-44-45-46-47-48-49-50-51-52-53-54-55-56-57-58-59-61-64-62-60-63-65(67)66(64)68/h60,62-63,67-68H,2-59,61H2,1H3. The fourth-order valence-corrected chi connectivity index (χ4v) is 11.1. The van der Waals surface area contributed by atoms with E-state index in [0.29, 0.717) is 0 Å². The number of rotatable bonds is 59. The molecule has 0 aliphatic rings. The van der Waals surface area contributed by atoms with Gasteiger partial charge >= 0.3 is 0 Å². The van der Waals surface area contributed by atoms with Crippen molar-refractivity contribution >= 4 is 0 Å². The van der Waals surface area contributed by atoms with Crippen molar-refractivity contribution in [3.05, 3.63) is 23.8 Å². The van der Waals surface area contributed by atoms with Gasteiger partial charge in [-0.15, -0.1) is 0 Å². The molecule has 2 N–H and O–H groups in total. The second-order valence-corrected chi connectivity index (χ2v) is 22.7. The Morgan fingerprint density at radius 3 is 0.559 bits per heavy atom. The summed E-state index contributed by atoms with van der Waals surface area (Å²) in [6, 6.07) is 5.29. The molecule has 0 amide bonds. The van der Waals surface area contributed by atoms with Gasteiger partial charge in [-0.1, -0.05) is 385 Å². The van der Waals surface area contributed by atoms with Gasteiger partial charge in [0.1, 0.15) is 0 Å². The third kappa shape index (κ3) is 49.8. The second-order valence-electron chi connectivity index (χ2n) is 22.7. The van der Waals surface area contributed by atoms with Gasteiger partial charge in [0.05, 0.1) is 0 Å². The highest BCUT2D eigenvalue weighted by molar-refractivity contribution is 5.44. The summed E-state index contributed by atoms with van der Waals surface area (Å²) < 4.78 is 0. The fraction of sp³-hybridized carbons (Fsp3) is 0.909. The van der Waals surface area contributed by atoms with Crippen molar-refractivity contribution in [3.8, 4) is 11.5 Å². The summed E-state index contributed by atoms with van der Waals surface area (Å²) >= 11 is 0. The van der Waals surface area contributed by atoms with Gasteiger partial charge in [-0.3, -0.25) is 0 Å². The number of phenols is 2. The summed E-state index contributed by atoms with van der Waals surface area (Å²) in [5.41, 5.74) is 0.878. The largest absolute Gasteiger partial charge is 0.504 e. The zero-order valence-corrected chi connectivity index (χ0v) is 46.8. The Balaban J connectivity index is 1.60. The number of hydrogen-bond donors (Lipinski definition) is 2. The van der Waals surface area contributed by atoms with Gasteiger partial charge in [0.2, 0.25) is 0 Å². The number of phenolic OH excluding ortho intramolecular Hbond substituents is 2. The van der Waals surface area contributed by atoms with Crippen LogP contribution >= 0.6 is 0 Å². The lowest BCUT2D eigenvalue weighted by Gasteiger charge is -2.06. The highest BCUT2D eigenvalue weighted by atomic mass is 16.3. The molecule has 0 aliphatic heterocycles. The third-order valence-electron chi connectivity index (χ3n) is 15.9. The fourth-order valence-electron chi connectivity index (χ4n) is 11.1. The van der Waals surface area contributed by atoms with Crippen molar-refractivity contribution in [1.29, 1.82) is 0 Å². The summed E-state index contributed by atoms with van der Waals surface area (Å²) in [4.78, 5) is 0. The molecule has 402 valence electrons. The molecule has 0 unspecified atom stereocenters. The number of para-hydroxylation sites is 1. The maximum absolute atomic E-state index is 9.91. The quantitative estimate of drug-likeness (QED) is 0.0505. The van der Waals surface area contributed by atoms with Gasteiger partial charge in [-0.2, -0.15) is 0 Å². The lowest BCUT2D eigenvalue weighted by atomic mass is 10.0. The summed E-state index contributed by atoms with van der Waals surface area (Å²) in [5.74, 6) is 0.0752. The van der Waals surface area contributed by atoms with E-state index in [1.54, 1.807) is 6.07 Å². The molecular weight excluding hydrogens is 825 g/mol. The van der Waals surface area contributed by atoms with Crippen LogP contribution in [-0.2, 0) is 6.42 Å². The molecule has 1 aromatic rings. The zero-order chi connectivity index (χ0) is 48.6. The molecule has 0 spiro atoms. The maximum atomic E-state index is 9.91. The summed E-state index contributed by atoms with van der Waals surface area (Å²) in [6.45, 7) is 2.31. The predicted molar refractivity (Wildman–Crippen MR) is 307 cm³/mol. The first-order chi connectivity index (χ1) is 33.8. The Hall–Kier alpha value is -1.18.